The summed E-state index contributed by atoms with van der Waals surface area (Å²) in [6.07, 6.45) is 0.0988. The highest BCUT2D eigenvalue weighted by molar-refractivity contribution is 6.04. The highest BCUT2D eigenvalue weighted by atomic mass is 16.2. The fourth-order valence-electron chi connectivity index (χ4n) is 3.21. The monoisotopic (exact) mass is 394 g/mol. The van der Waals surface area contributed by atoms with E-state index in [0.29, 0.717) is 22.7 Å². The Kier molecular flexibility index (Phi) is 5.92. The summed E-state index contributed by atoms with van der Waals surface area (Å²) in [6.45, 7) is 3.07. The lowest BCUT2D eigenvalue weighted by Gasteiger charge is -2.18. The van der Waals surface area contributed by atoms with Gasteiger partial charge in [-0.1, -0.05) is 12.1 Å². The van der Waals surface area contributed by atoms with E-state index in [4.69, 9.17) is 0 Å². The van der Waals surface area contributed by atoms with Crippen LogP contribution in [0.4, 0.5) is 22.7 Å². The molecule has 2 aromatic carbocycles. The van der Waals surface area contributed by atoms with Crippen molar-refractivity contribution in [2.75, 3.05) is 27.4 Å². The van der Waals surface area contributed by atoms with Gasteiger partial charge in [0.1, 0.15) is 0 Å². The van der Waals surface area contributed by atoms with E-state index in [-0.39, 0.29) is 36.6 Å². The molecule has 8 heteroatoms. The Bertz CT molecular complexity index is 973. The molecule has 150 valence electrons. The lowest BCUT2D eigenvalue weighted by Crippen LogP contribution is -2.28. The summed E-state index contributed by atoms with van der Waals surface area (Å²) in [5.74, 6) is -1.33. The van der Waals surface area contributed by atoms with E-state index in [9.17, 15) is 19.2 Å². The van der Waals surface area contributed by atoms with Crippen molar-refractivity contribution in [2.45, 2.75) is 20.3 Å². The van der Waals surface area contributed by atoms with Crippen LogP contribution in [-0.4, -0.2) is 30.2 Å². The second-order valence-electron chi connectivity index (χ2n) is 6.89. The Balaban J connectivity index is 1.68. The van der Waals surface area contributed by atoms with Gasteiger partial charge in [0.15, 0.2) is 0 Å². The standard InChI is InChI=1S/C21H22N4O4/c1-13(26)22-16-5-3-6-17(10-16)24-21(29)15-9-20(28)25(12-15)19-8-4-7-18(11-19)23-14(2)27/h3-8,10-11,15H,9,12H2,1-2H3,(H,22,26)(H,23,27)(H,24,29). The van der Waals surface area contributed by atoms with Crippen LogP contribution in [0.3, 0.4) is 0 Å². The molecule has 3 N–H and O–H groups in total. The van der Waals surface area contributed by atoms with Crippen molar-refractivity contribution in [2.24, 2.45) is 5.92 Å². The number of hydrogen-bond acceptors (Lipinski definition) is 4. The van der Waals surface area contributed by atoms with Crippen molar-refractivity contribution in [3.8, 4) is 0 Å². The molecule has 0 saturated carbocycles. The van der Waals surface area contributed by atoms with Gasteiger partial charge in [-0.05, 0) is 36.4 Å². The lowest BCUT2D eigenvalue weighted by molar-refractivity contribution is -0.122. The Morgan fingerprint density at radius 2 is 1.41 bits per heavy atom. The van der Waals surface area contributed by atoms with Crippen LogP contribution >= 0.6 is 0 Å². The zero-order valence-electron chi connectivity index (χ0n) is 16.2. The highest BCUT2D eigenvalue weighted by Crippen LogP contribution is 2.28. The summed E-state index contributed by atoms with van der Waals surface area (Å²) in [5, 5.41) is 8.14. The Hall–Kier alpha value is -3.68. The zero-order chi connectivity index (χ0) is 21.0. The van der Waals surface area contributed by atoms with Gasteiger partial charge in [0.25, 0.3) is 0 Å². The molecule has 1 aliphatic heterocycles. The van der Waals surface area contributed by atoms with Crippen molar-refractivity contribution in [1.29, 1.82) is 0 Å². The quantitative estimate of drug-likeness (QED) is 0.724. The smallest absolute Gasteiger partial charge is 0.229 e. The van der Waals surface area contributed by atoms with Gasteiger partial charge in [0.05, 0.1) is 5.92 Å². The summed E-state index contributed by atoms with van der Waals surface area (Å²) in [6, 6.07) is 13.8. The molecule has 8 nitrogen and oxygen atoms in total. The average molecular weight is 394 g/mol. The molecular weight excluding hydrogens is 372 g/mol. The minimum Gasteiger partial charge on any atom is -0.326 e. The number of anilines is 4. The molecule has 0 aromatic heterocycles. The third kappa shape index (κ3) is 5.19. The molecule has 1 saturated heterocycles. The molecule has 0 aliphatic carbocycles. The number of hydrogen-bond donors (Lipinski definition) is 3. The first kappa shape index (κ1) is 20.1. The summed E-state index contributed by atoms with van der Waals surface area (Å²) < 4.78 is 0. The summed E-state index contributed by atoms with van der Waals surface area (Å²) in [7, 11) is 0. The van der Waals surface area contributed by atoms with Gasteiger partial charge >= 0.3 is 0 Å². The van der Waals surface area contributed by atoms with Crippen LogP contribution < -0.4 is 20.9 Å². The van der Waals surface area contributed by atoms with Gasteiger partial charge in [-0.3, -0.25) is 19.2 Å². The van der Waals surface area contributed by atoms with Crippen molar-refractivity contribution in [1.82, 2.24) is 0 Å². The van der Waals surface area contributed by atoms with E-state index in [1.165, 1.54) is 13.8 Å². The first-order valence-corrected chi connectivity index (χ1v) is 9.18. The van der Waals surface area contributed by atoms with Gasteiger partial charge in [0.2, 0.25) is 23.6 Å². The minimum atomic E-state index is -0.503. The van der Waals surface area contributed by atoms with Crippen molar-refractivity contribution in [3.05, 3.63) is 48.5 Å². The number of nitrogens with one attached hydrogen (secondary N) is 3. The first-order valence-electron chi connectivity index (χ1n) is 9.18. The van der Waals surface area contributed by atoms with Crippen molar-refractivity contribution < 1.29 is 19.2 Å². The van der Waals surface area contributed by atoms with Crippen LogP contribution in [0.15, 0.2) is 48.5 Å². The van der Waals surface area contributed by atoms with Crippen LogP contribution in [0, 0.1) is 5.92 Å². The molecule has 0 spiro atoms. The largest absolute Gasteiger partial charge is 0.326 e. The number of benzene rings is 2. The van der Waals surface area contributed by atoms with Crippen molar-refractivity contribution >= 4 is 46.4 Å². The number of carbonyl (C=O) groups excluding carboxylic acids is 4. The first-order chi connectivity index (χ1) is 13.8. The molecular formula is C21H22N4O4. The Morgan fingerprint density at radius 3 is 2.03 bits per heavy atom. The molecule has 1 atom stereocenters. The maximum atomic E-state index is 12.6. The topological polar surface area (TPSA) is 108 Å². The summed E-state index contributed by atoms with van der Waals surface area (Å²) in [4.78, 5) is 49.1. The van der Waals surface area contributed by atoms with Gasteiger partial charge in [-0.2, -0.15) is 0 Å². The van der Waals surface area contributed by atoms with Crippen LogP contribution in [0.1, 0.15) is 20.3 Å². The molecule has 3 rings (SSSR count). The normalized spacial score (nSPS) is 15.7. The van der Waals surface area contributed by atoms with Gasteiger partial charge in [-0.25, -0.2) is 0 Å². The van der Waals surface area contributed by atoms with E-state index in [1.807, 2.05) is 0 Å². The molecule has 1 unspecified atom stereocenters. The van der Waals surface area contributed by atoms with E-state index in [0.717, 1.165) is 0 Å². The summed E-state index contributed by atoms with van der Waals surface area (Å²) in [5.41, 5.74) is 2.34. The maximum absolute atomic E-state index is 12.6. The number of carbonyl (C=O) groups is 4. The van der Waals surface area contributed by atoms with E-state index in [1.54, 1.807) is 53.4 Å². The van der Waals surface area contributed by atoms with Gasteiger partial charge in [0, 0.05) is 49.6 Å². The number of nitrogens with zero attached hydrogens (tertiary/aromatic N) is 1. The second kappa shape index (κ2) is 8.55. The number of amides is 4. The molecule has 0 radical (unpaired) electrons. The predicted molar refractivity (Wildman–Crippen MR) is 111 cm³/mol. The van der Waals surface area contributed by atoms with E-state index < -0.39 is 5.92 Å². The molecule has 29 heavy (non-hydrogen) atoms. The van der Waals surface area contributed by atoms with Crippen LogP contribution in [0.2, 0.25) is 0 Å². The van der Waals surface area contributed by atoms with Crippen molar-refractivity contribution in [3.63, 3.8) is 0 Å². The fraction of sp³-hybridized carbons (Fsp3) is 0.238. The van der Waals surface area contributed by atoms with Crippen LogP contribution in [0.25, 0.3) is 0 Å². The average Bonchev–Trinajstić information content (AvgIpc) is 3.03. The molecule has 1 aliphatic rings. The Morgan fingerprint density at radius 1 is 0.862 bits per heavy atom. The molecule has 4 amide bonds. The number of rotatable bonds is 5. The highest BCUT2D eigenvalue weighted by Gasteiger charge is 2.35. The Labute approximate surface area is 168 Å². The van der Waals surface area contributed by atoms with Gasteiger partial charge in [-0.15, -0.1) is 0 Å². The molecule has 0 bridgehead atoms. The third-order valence-corrected chi connectivity index (χ3v) is 4.42. The van der Waals surface area contributed by atoms with E-state index >= 15 is 0 Å². The van der Waals surface area contributed by atoms with Gasteiger partial charge < -0.3 is 20.9 Å². The SMILES string of the molecule is CC(=O)Nc1cccc(NC(=O)C2CC(=O)N(c3cccc(NC(C)=O)c3)C2)c1. The fourth-order valence-corrected chi connectivity index (χ4v) is 3.21. The third-order valence-electron chi connectivity index (χ3n) is 4.42. The van der Waals surface area contributed by atoms with Crippen LogP contribution in [0.5, 0.6) is 0 Å². The zero-order valence-corrected chi connectivity index (χ0v) is 16.2. The van der Waals surface area contributed by atoms with Crippen LogP contribution in [-0.2, 0) is 19.2 Å². The lowest BCUT2D eigenvalue weighted by atomic mass is 10.1. The molecule has 2 aromatic rings. The molecule has 1 heterocycles. The minimum absolute atomic E-state index is 0.0988. The predicted octanol–water partition coefficient (Wildman–Crippen LogP) is 2.60. The second-order valence-corrected chi connectivity index (χ2v) is 6.89. The summed E-state index contributed by atoms with van der Waals surface area (Å²) >= 11 is 0. The maximum Gasteiger partial charge on any atom is 0.229 e. The molecule has 1 fully saturated rings. The van der Waals surface area contributed by atoms with E-state index in [2.05, 4.69) is 16.0 Å².